The van der Waals surface area contributed by atoms with E-state index in [4.69, 9.17) is 21.7 Å². The second kappa shape index (κ2) is 11.2. The molecule has 0 radical (unpaired) electrons. The molecular weight excluding hydrogens is 396 g/mol. The number of hydrogen-bond acceptors (Lipinski definition) is 6. The van der Waals surface area contributed by atoms with Crippen LogP contribution < -0.4 is 10.6 Å². The zero-order valence-electron chi connectivity index (χ0n) is 16.7. The van der Waals surface area contributed by atoms with E-state index in [-0.39, 0.29) is 13.2 Å². The van der Waals surface area contributed by atoms with Crippen LogP contribution in [0.2, 0.25) is 0 Å². The minimum absolute atomic E-state index is 0.250. The molecule has 1 heterocycles. The van der Waals surface area contributed by atoms with Crippen LogP contribution in [0.4, 0.5) is 5.00 Å². The number of allylic oxidation sites excluding steroid dienone is 1. The Labute approximate surface area is 175 Å². The predicted octanol–water partition coefficient (Wildman–Crippen LogP) is 4.59. The van der Waals surface area contributed by atoms with Gasteiger partial charge in [-0.05, 0) is 70.7 Å². The van der Waals surface area contributed by atoms with E-state index in [1.807, 2.05) is 0 Å². The van der Waals surface area contributed by atoms with Gasteiger partial charge in [0.2, 0.25) is 0 Å². The van der Waals surface area contributed by atoms with E-state index >= 15 is 0 Å². The summed E-state index contributed by atoms with van der Waals surface area (Å²) >= 11 is 6.53. The van der Waals surface area contributed by atoms with Crippen molar-refractivity contribution in [3.05, 3.63) is 27.7 Å². The maximum Gasteiger partial charge on any atom is 0.348 e. The van der Waals surface area contributed by atoms with Gasteiger partial charge in [0.1, 0.15) is 9.88 Å². The molecule has 2 N–H and O–H groups in total. The van der Waals surface area contributed by atoms with Crippen molar-refractivity contribution in [1.82, 2.24) is 5.32 Å². The fourth-order valence-corrected chi connectivity index (χ4v) is 4.42. The molecule has 8 heteroatoms. The molecule has 0 fully saturated rings. The number of nitrogens with one attached hydrogen (secondary N) is 2. The molecule has 2 rings (SSSR count). The van der Waals surface area contributed by atoms with Crippen LogP contribution in [0, 0.1) is 6.92 Å². The first-order chi connectivity index (χ1) is 13.5. The summed E-state index contributed by atoms with van der Waals surface area (Å²) < 4.78 is 10.2. The molecular formula is C20H28N2O4S2. The summed E-state index contributed by atoms with van der Waals surface area (Å²) in [6, 6.07) is 0. The SMILES string of the molecule is CCOC(=O)c1sc(NC(=S)NCCC2=CCCCC2)c(C(=O)OCC)c1C. The number of ether oxygens (including phenoxy) is 2. The van der Waals surface area contributed by atoms with Crippen LogP contribution in [-0.2, 0) is 9.47 Å². The number of anilines is 1. The average Bonchev–Trinajstić information content (AvgIpc) is 2.99. The molecule has 0 amide bonds. The number of esters is 2. The highest BCUT2D eigenvalue weighted by atomic mass is 32.1. The van der Waals surface area contributed by atoms with Crippen molar-refractivity contribution in [2.24, 2.45) is 0 Å². The molecule has 154 valence electrons. The molecule has 0 atom stereocenters. The Kier molecular flexibility index (Phi) is 8.92. The highest BCUT2D eigenvalue weighted by Gasteiger charge is 2.26. The molecule has 28 heavy (non-hydrogen) atoms. The number of hydrogen-bond donors (Lipinski definition) is 2. The first-order valence-electron chi connectivity index (χ1n) is 9.68. The zero-order chi connectivity index (χ0) is 20.5. The van der Waals surface area contributed by atoms with Gasteiger partial charge >= 0.3 is 11.9 Å². The van der Waals surface area contributed by atoms with E-state index < -0.39 is 11.9 Å². The van der Waals surface area contributed by atoms with Crippen molar-refractivity contribution in [2.45, 2.75) is 52.9 Å². The van der Waals surface area contributed by atoms with Gasteiger partial charge < -0.3 is 20.1 Å². The summed E-state index contributed by atoms with van der Waals surface area (Å²) in [7, 11) is 0. The summed E-state index contributed by atoms with van der Waals surface area (Å²) in [5.74, 6) is -0.934. The summed E-state index contributed by atoms with van der Waals surface area (Å²) in [6.45, 7) is 6.44. The summed E-state index contributed by atoms with van der Waals surface area (Å²) in [5, 5.41) is 7.14. The van der Waals surface area contributed by atoms with Gasteiger partial charge in [0.25, 0.3) is 0 Å². The van der Waals surface area contributed by atoms with Crippen LogP contribution in [0.1, 0.15) is 71.5 Å². The van der Waals surface area contributed by atoms with Gasteiger partial charge in [-0.15, -0.1) is 11.3 Å². The Morgan fingerprint density at radius 1 is 1.18 bits per heavy atom. The third-order valence-corrected chi connectivity index (χ3v) is 5.86. The molecule has 0 saturated heterocycles. The Morgan fingerprint density at radius 2 is 1.89 bits per heavy atom. The molecule has 1 aromatic heterocycles. The van der Waals surface area contributed by atoms with Crippen LogP contribution in [0.25, 0.3) is 0 Å². The number of carbonyl (C=O) groups is 2. The molecule has 0 aliphatic heterocycles. The van der Waals surface area contributed by atoms with Crippen molar-refractivity contribution >= 4 is 45.6 Å². The summed E-state index contributed by atoms with van der Waals surface area (Å²) in [4.78, 5) is 25.0. The number of rotatable bonds is 8. The molecule has 1 aliphatic carbocycles. The van der Waals surface area contributed by atoms with Crippen LogP contribution in [-0.4, -0.2) is 36.8 Å². The van der Waals surface area contributed by atoms with E-state index in [0.29, 0.717) is 26.1 Å². The third-order valence-electron chi connectivity index (χ3n) is 4.43. The van der Waals surface area contributed by atoms with Crippen molar-refractivity contribution < 1.29 is 19.1 Å². The molecule has 0 spiro atoms. The molecule has 0 unspecified atom stereocenters. The molecule has 0 aromatic carbocycles. The number of thiophene rings is 1. The second-order valence-electron chi connectivity index (χ2n) is 6.44. The smallest absolute Gasteiger partial charge is 0.348 e. The van der Waals surface area contributed by atoms with E-state index in [9.17, 15) is 9.59 Å². The quantitative estimate of drug-likeness (QED) is 0.359. The van der Waals surface area contributed by atoms with Crippen molar-refractivity contribution in [3.63, 3.8) is 0 Å². The fourth-order valence-electron chi connectivity index (χ4n) is 3.06. The fraction of sp³-hybridized carbons (Fsp3) is 0.550. The first-order valence-corrected chi connectivity index (χ1v) is 10.9. The minimum Gasteiger partial charge on any atom is -0.462 e. The average molecular weight is 425 g/mol. The Morgan fingerprint density at radius 3 is 2.54 bits per heavy atom. The molecule has 1 aromatic rings. The lowest BCUT2D eigenvalue weighted by Gasteiger charge is -2.14. The number of thiocarbonyl (C=S) groups is 1. The summed E-state index contributed by atoms with van der Waals surface area (Å²) in [5.41, 5.74) is 2.33. The van der Waals surface area contributed by atoms with Gasteiger partial charge in [0, 0.05) is 6.54 Å². The van der Waals surface area contributed by atoms with Crippen molar-refractivity contribution in [2.75, 3.05) is 25.1 Å². The second-order valence-corrected chi connectivity index (χ2v) is 7.87. The third kappa shape index (κ3) is 6.04. The van der Waals surface area contributed by atoms with Crippen LogP contribution in [0.3, 0.4) is 0 Å². The van der Waals surface area contributed by atoms with Gasteiger partial charge in [-0.1, -0.05) is 11.6 Å². The lowest BCUT2D eigenvalue weighted by Crippen LogP contribution is -2.29. The minimum atomic E-state index is -0.482. The topological polar surface area (TPSA) is 76.7 Å². The van der Waals surface area contributed by atoms with E-state index in [1.54, 1.807) is 20.8 Å². The van der Waals surface area contributed by atoms with Crippen molar-refractivity contribution in [3.8, 4) is 0 Å². The monoisotopic (exact) mass is 424 g/mol. The van der Waals surface area contributed by atoms with E-state index in [1.165, 1.54) is 18.4 Å². The highest BCUT2D eigenvalue weighted by Crippen LogP contribution is 2.34. The first kappa shape index (κ1) is 22.4. The molecule has 0 bridgehead atoms. The standard InChI is InChI=1S/C20H28N2O4S2/c1-4-25-18(23)15-13(3)16(19(24)26-5-2)28-17(15)22-20(27)21-12-11-14-9-7-6-8-10-14/h9H,4-8,10-12H2,1-3H3,(H2,21,22,27). The molecule has 6 nitrogen and oxygen atoms in total. The Hall–Kier alpha value is -1.93. The van der Waals surface area contributed by atoms with E-state index in [0.717, 1.165) is 37.1 Å². The number of carbonyl (C=O) groups excluding carboxylic acids is 2. The Bertz CT molecular complexity index is 756. The van der Waals surface area contributed by atoms with E-state index in [2.05, 4.69) is 16.7 Å². The largest absolute Gasteiger partial charge is 0.462 e. The lowest BCUT2D eigenvalue weighted by atomic mass is 9.97. The highest BCUT2D eigenvalue weighted by molar-refractivity contribution is 7.80. The summed E-state index contributed by atoms with van der Waals surface area (Å²) in [6.07, 6.45) is 8.10. The maximum absolute atomic E-state index is 12.4. The molecule has 0 saturated carbocycles. The van der Waals surface area contributed by atoms with Crippen LogP contribution >= 0.6 is 23.6 Å². The zero-order valence-corrected chi connectivity index (χ0v) is 18.3. The van der Waals surface area contributed by atoms with Gasteiger partial charge in [0.15, 0.2) is 5.11 Å². The van der Waals surface area contributed by atoms with Crippen LogP contribution in [0.5, 0.6) is 0 Å². The predicted molar refractivity (Wildman–Crippen MR) is 116 cm³/mol. The van der Waals surface area contributed by atoms with Gasteiger partial charge in [-0.2, -0.15) is 0 Å². The van der Waals surface area contributed by atoms with Crippen molar-refractivity contribution in [1.29, 1.82) is 0 Å². The van der Waals surface area contributed by atoms with Gasteiger partial charge in [-0.3, -0.25) is 0 Å². The Balaban J connectivity index is 2.07. The maximum atomic E-state index is 12.4. The lowest BCUT2D eigenvalue weighted by molar-refractivity contribution is 0.0527. The van der Waals surface area contributed by atoms with Gasteiger partial charge in [-0.25, -0.2) is 9.59 Å². The van der Waals surface area contributed by atoms with Gasteiger partial charge in [0.05, 0.1) is 18.8 Å². The van der Waals surface area contributed by atoms with Crippen LogP contribution in [0.15, 0.2) is 11.6 Å². The normalized spacial score (nSPS) is 13.5. The molecule has 1 aliphatic rings.